The SMILES string of the molecule is C#CC[C@@H](C(C)=O)[N+](C)(C)C.C#CC[N+](C)(CF)CCO.C#CC[N+]1(CCC)CCCCC1.C=C(C[N+](C)(C)C)C(C)=O.C=C(C[N+](C)(C)CC(=C)C(=O)O)C(C)=O.CCC[N+](C)(C)CCO.CC[N+](C)(C)C.CC[N+]1(C)CCC[C@@H]1CO.C[N+]1(C)CCCC1. The first-order chi connectivity index (χ1) is 41.0. The normalized spacial score (nSPS) is 18.1. The van der Waals surface area contributed by atoms with E-state index in [9.17, 15) is 23.6 Å². The summed E-state index contributed by atoms with van der Waals surface area (Å²) >= 11 is 0. The van der Waals surface area contributed by atoms with Crippen LogP contribution in [0.15, 0.2) is 36.5 Å². The molecule has 0 spiro atoms. The minimum atomic E-state index is -1.00. The van der Waals surface area contributed by atoms with Gasteiger partial charge in [-0.25, -0.2) is 4.79 Å². The van der Waals surface area contributed by atoms with Crippen molar-refractivity contribution in [3.05, 3.63) is 36.5 Å². The molecule has 17 nitrogen and oxygen atoms in total. The highest BCUT2D eigenvalue weighted by molar-refractivity contribution is 5.93. The summed E-state index contributed by atoms with van der Waals surface area (Å²) in [6.45, 7) is 39.7. The molecule has 0 radical (unpaired) electrons. The summed E-state index contributed by atoms with van der Waals surface area (Å²) in [4.78, 5) is 43.4. The Morgan fingerprint density at radius 1 is 0.589 bits per heavy atom. The van der Waals surface area contributed by atoms with Gasteiger partial charge in [-0.05, 0) is 71.6 Å². The van der Waals surface area contributed by atoms with Gasteiger partial charge in [-0.3, -0.25) is 18.9 Å². The average molecular weight is 1290 g/mol. The van der Waals surface area contributed by atoms with Gasteiger partial charge in [-0.15, -0.1) is 19.3 Å². The number of terminal acetylenes is 3. The molecule has 0 bridgehead atoms. The third-order valence-corrected chi connectivity index (χ3v) is 16.5. The number of carbonyl (C=O) groups excluding carboxylic acids is 3. The molecule has 3 aliphatic heterocycles. The van der Waals surface area contributed by atoms with Gasteiger partial charge in [-0.2, -0.15) is 4.39 Å². The van der Waals surface area contributed by atoms with Gasteiger partial charge in [0.1, 0.15) is 51.9 Å². The Bertz CT molecular complexity index is 2100. The topological polar surface area (TPSA) is 149 Å². The molecule has 526 valence electrons. The Labute approximate surface area is 554 Å². The number of hydrogen-bond donors (Lipinski definition) is 4. The molecule has 0 amide bonds. The van der Waals surface area contributed by atoms with E-state index in [1.807, 2.05) is 56.4 Å². The number of likely N-dealkylation sites (tertiary alicyclic amines) is 3. The van der Waals surface area contributed by atoms with Crippen molar-refractivity contribution in [1.29, 1.82) is 0 Å². The van der Waals surface area contributed by atoms with Crippen LogP contribution in [0.4, 0.5) is 4.39 Å². The van der Waals surface area contributed by atoms with E-state index >= 15 is 0 Å². The second-order valence-corrected chi connectivity index (χ2v) is 30.4. The zero-order valence-electron chi connectivity index (χ0n) is 63.0. The van der Waals surface area contributed by atoms with E-state index in [1.54, 1.807) is 20.9 Å². The number of carbonyl (C=O) groups is 4. The van der Waals surface area contributed by atoms with E-state index in [0.717, 1.165) is 50.7 Å². The average Bonchev–Trinajstić information content (AvgIpc) is 2.24. The number of quaternary nitrogens is 9. The molecule has 0 aromatic heterocycles. The number of alkyl halides is 1. The van der Waals surface area contributed by atoms with Crippen LogP contribution in [0.2, 0.25) is 0 Å². The lowest BCUT2D eigenvalue weighted by Gasteiger charge is -2.40. The molecule has 4 N–H and O–H groups in total. The summed E-state index contributed by atoms with van der Waals surface area (Å²) in [6, 6.07) is 0.463. The van der Waals surface area contributed by atoms with Crippen molar-refractivity contribution in [3.8, 4) is 37.0 Å². The number of aliphatic hydroxyl groups is 3. The molecule has 3 rings (SSSR count). The predicted molar refractivity (Wildman–Crippen MR) is 378 cm³/mol. The van der Waals surface area contributed by atoms with Crippen molar-refractivity contribution in [3.63, 3.8) is 0 Å². The number of aliphatic carboxylic acids is 1. The van der Waals surface area contributed by atoms with Crippen molar-refractivity contribution in [2.45, 2.75) is 125 Å². The van der Waals surface area contributed by atoms with Crippen LogP contribution in [-0.2, 0) is 19.2 Å². The van der Waals surface area contributed by atoms with Crippen LogP contribution in [0.5, 0.6) is 0 Å². The van der Waals surface area contributed by atoms with Crippen LogP contribution in [0.3, 0.4) is 0 Å². The molecular formula is C72H147FN9O8+9. The molecule has 2 unspecified atom stereocenters. The maximum atomic E-state index is 12.2. The molecule has 3 saturated heterocycles. The summed E-state index contributed by atoms with van der Waals surface area (Å²) in [5.41, 5.74) is 1.34. The van der Waals surface area contributed by atoms with Crippen molar-refractivity contribution < 1.29 is 84.3 Å². The van der Waals surface area contributed by atoms with E-state index in [2.05, 4.69) is 122 Å². The fourth-order valence-corrected chi connectivity index (χ4v) is 10.0. The molecule has 3 fully saturated rings. The maximum Gasteiger partial charge on any atom is 0.336 e. The summed E-state index contributed by atoms with van der Waals surface area (Å²) in [5, 5.41) is 34.8. The Balaban J connectivity index is -0.000000223. The quantitative estimate of drug-likeness (QED) is 0.0313. The van der Waals surface area contributed by atoms with Gasteiger partial charge in [0.25, 0.3) is 0 Å². The van der Waals surface area contributed by atoms with Gasteiger partial charge >= 0.3 is 5.97 Å². The van der Waals surface area contributed by atoms with Crippen molar-refractivity contribution >= 4 is 23.3 Å². The summed E-state index contributed by atoms with van der Waals surface area (Å²) in [6.07, 6.45) is 28.1. The summed E-state index contributed by atoms with van der Waals surface area (Å²) < 4.78 is 19.6. The zero-order chi connectivity index (χ0) is 72.0. The van der Waals surface area contributed by atoms with Crippen molar-refractivity contribution in [2.75, 3.05) is 251 Å². The molecule has 0 aromatic rings. The van der Waals surface area contributed by atoms with Gasteiger partial charge in [0.2, 0.25) is 6.80 Å². The number of nitrogens with zero attached hydrogens (tertiary/aromatic N) is 9. The van der Waals surface area contributed by atoms with Crippen LogP contribution >= 0.6 is 0 Å². The largest absolute Gasteiger partial charge is 0.478 e. The highest BCUT2D eigenvalue weighted by atomic mass is 19.1. The number of carboxylic acid groups (broad SMARTS) is 1. The number of likely N-dealkylation sites (N-methyl/N-ethyl adjacent to an activating group) is 6. The number of Topliss-reactive ketones (excluding diaryl/α,β-unsaturated/α-hetero) is 3. The Morgan fingerprint density at radius 2 is 1.04 bits per heavy atom. The molecule has 18 heteroatoms. The van der Waals surface area contributed by atoms with Gasteiger partial charge in [-0.1, -0.05) is 39.5 Å². The third kappa shape index (κ3) is 54.4. The monoisotopic (exact) mass is 1290 g/mol. The van der Waals surface area contributed by atoms with E-state index < -0.39 is 12.8 Å². The molecule has 0 saturated carbocycles. The number of hydrogen-bond acceptors (Lipinski definition) is 7. The summed E-state index contributed by atoms with van der Waals surface area (Å²) in [5.74, 6) is 6.90. The lowest BCUT2D eigenvalue weighted by Crippen LogP contribution is -2.52. The van der Waals surface area contributed by atoms with Crippen molar-refractivity contribution in [2.24, 2.45) is 0 Å². The smallest absolute Gasteiger partial charge is 0.336 e. The van der Waals surface area contributed by atoms with Gasteiger partial charge in [0.15, 0.2) is 23.4 Å². The Morgan fingerprint density at radius 3 is 1.31 bits per heavy atom. The number of piperidine rings is 1. The number of aliphatic hydroxyl groups excluding tert-OH is 3. The lowest BCUT2D eigenvalue weighted by atomic mass is 10.1. The fourth-order valence-electron chi connectivity index (χ4n) is 10.0. The van der Waals surface area contributed by atoms with E-state index in [-0.39, 0.29) is 40.1 Å². The van der Waals surface area contributed by atoms with E-state index in [1.165, 1.54) is 119 Å². The Kier molecular flexibility index (Phi) is 53.2. The van der Waals surface area contributed by atoms with Gasteiger partial charge in [0, 0.05) is 43.8 Å². The fraction of sp³-hybridized carbons (Fsp3) is 0.778. The number of rotatable bonds is 26. The molecule has 90 heavy (non-hydrogen) atoms. The molecule has 4 atom stereocenters. The minimum absolute atomic E-state index is 0.0257. The second kappa shape index (κ2) is 49.4. The molecular weight excluding hydrogens is 1140 g/mol. The summed E-state index contributed by atoms with van der Waals surface area (Å²) in [7, 11) is 35.0. The highest BCUT2D eigenvalue weighted by Gasteiger charge is 2.35. The second-order valence-electron chi connectivity index (χ2n) is 30.4. The Hall–Kier alpha value is -4.17. The zero-order valence-corrected chi connectivity index (χ0v) is 63.0. The number of halogens is 1. The van der Waals surface area contributed by atoms with Crippen LogP contribution in [-0.4, -0.2) is 347 Å². The minimum Gasteiger partial charge on any atom is -0.478 e. The lowest BCUT2D eigenvalue weighted by molar-refractivity contribution is -0.926. The standard InChI is InChI=1S/C11H17NO3.C11H20N.C9H16NO.C8H18NO.C8H16NO.C7H13FNO.C7H18NO.C6H14N.C5H14N/c1-8(10(3)13)6-12(4,5)7-9(2)11(14)15;1-3-8-12(9-4-2)10-6-5-7-11-12;1-6-7-9(8(2)11)10(3,4)5;1-3-9(2)6-4-5-8(9)7-10;1-7(8(2)10)6-9(3,4)5;1-3-4-9(2,7-8)5-6-10;1-4-5-8(2,3)6-7-9;1-7(2)5-3-4-6-7;1-5-6(2,3)4/h1-2,6-7H2,3-5H3;1H,4-11H2,2H3;1,9H,7H2,2-5H3;8,10H,3-7H2,1-2H3;1,6H2,2-5H3;1,10H,4-7H2,2H3;9H,4-7H2,1-3H3;3-6H2,1-2H3;5H2,1-4H3/q;8*+1/p+1/t;;9-;8-,9?;;;;;/m..01...../s1. The van der Waals surface area contributed by atoms with E-state index in [0.29, 0.717) is 72.0 Å². The number of ketones is 3. The van der Waals surface area contributed by atoms with Gasteiger partial charge in [0.05, 0.1) is 211 Å². The maximum absolute atomic E-state index is 12.2. The first-order valence-corrected chi connectivity index (χ1v) is 32.9. The van der Waals surface area contributed by atoms with Crippen LogP contribution in [0.25, 0.3) is 0 Å². The molecule has 3 heterocycles. The van der Waals surface area contributed by atoms with E-state index in [4.69, 9.17) is 39.7 Å². The molecule has 0 aromatic carbocycles. The third-order valence-electron chi connectivity index (χ3n) is 16.5. The first kappa shape index (κ1) is 96.9. The molecule has 3 aliphatic rings. The van der Waals surface area contributed by atoms with Crippen molar-refractivity contribution in [1.82, 2.24) is 0 Å². The van der Waals surface area contributed by atoms with Crippen LogP contribution < -0.4 is 0 Å². The predicted octanol–water partition coefficient (Wildman–Crippen LogP) is 7.02. The van der Waals surface area contributed by atoms with Crippen LogP contribution in [0, 0.1) is 37.0 Å². The highest BCUT2D eigenvalue weighted by Crippen LogP contribution is 2.23. The molecule has 0 aliphatic carbocycles. The first-order valence-electron chi connectivity index (χ1n) is 32.9. The van der Waals surface area contributed by atoms with Gasteiger partial charge < -0.3 is 56.3 Å². The van der Waals surface area contributed by atoms with Crippen LogP contribution in [0.1, 0.15) is 113 Å². The number of carboxylic acids is 1.